The first kappa shape index (κ1) is 69.1. The van der Waals surface area contributed by atoms with Gasteiger partial charge in [0.2, 0.25) is 0 Å². The van der Waals surface area contributed by atoms with Gasteiger partial charge < -0.3 is 18.3 Å². The maximum atomic E-state index is 11.4. The maximum Gasteiger partial charge on any atom is 0.103 e. The number of rotatable bonds is 16. The van der Waals surface area contributed by atoms with Gasteiger partial charge in [0.1, 0.15) is 24.3 Å². The summed E-state index contributed by atoms with van der Waals surface area (Å²) in [6, 6.07) is 107. The van der Waals surface area contributed by atoms with Crippen LogP contribution in [0.5, 0.6) is 0 Å². The second-order valence-corrected chi connectivity index (χ2v) is 40.9. The number of halogens is 2. The Morgan fingerprint density at radius 1 is 0.267 bits per heavy atom. The van der Waals surface area contributed by atoms with Crippen molar-refractivity contribution in [2.75, 3.05) is 0 Å². The third-order valence-electron chi connectivity index (χ3n) is 21.0. The Kier molecular flexibility index (Phi) is 20.0. The van der Waals surface area contributed by atoms with Crippen LogP contribution >= 0.6 is 23.2 Å². The van der Waals surface area contributed by atoms with Gasteiger partial charge in [0.15, 0.2) is 0 Å². The molecule has 17 aromatic rings. The van der Waals surface area contributed by atoms with E-state index >= 15 is 0 Å². The smallest absolute Gasteiger partial charge is 0.103 e. The summed E-state index contributed by atoms with van der Waals surface area (Å²) < 4.78 is 14.8. The standard InChI is InChI=1S/C44H26N4.C32H16Cl2N4.C6H5.3C4H9.Sn/c45-27-35-41(29-15-3-1-4-16-29)43(47-37-23-11-7-19-31(37)32-20-8-12-24-38(32)47)36(28-46)42(30-17-5-2-6-18-30)44(35)48-39-25-13-9-21-33(39)34-22-10-14-26-40(34)48;33-29-24(18-36)32(38-27-15-7-3-11-21(27)22-12-4-8-16-28(22)38)30(34)23(17-35)31(29)37-25-13-5-1-9-19(25)20-10-2-6-14-26(20)37;1-2-4-6-5-3-1;3*1-3-4-2;/h1-26H;1-16H;1-5H;3*1,3-4H2,2H3;. The van der Waals surface area contributed by atoms with E-state index in [-0.39, 0.29) is 21.2 Å². The summed E-state index contributed by atoms with van der Waals surface area (Å²) in [7, 11) is 0. The summed E-state index contributed by atoms with van der Waals surface area (Å²) in [5, 5.41) is 52.6. The molecule has 0 radical (unpaired) electrons. The van der Waals surface area contributed by atoms with Crippen LogP contribution in [0.4, 0.5) is 0 Å². The minimum atomic E-state index is -2.10. The van der Waals surface area contributed by atoms with Crippen molar-refractivity contribution in [3.05, 3.63) is 317 Å². The first-order chi connectivity index (χ1) is 51.7. The Bertz CT molecular complexity index is 5750. The molecule has 0 bridgehead atoms. The van der Waals surface area contributed by atoms with E-state index in [9.17, 15) is 21.0 Å². The number of hydrogen-bond acceptors (Lipinski definition) is 4. The monoisotopic (exact) mass is 1500 g/mol. The molecule has 0 fully saturated rings. The largest absolute Gasteiger partial charge is 0.307 e. The molecular formula is C94H74Cl2N8Sn. The number of aromatic nitrogens is 4. The molecule has 0 aliphatic carbocycles. The van der Waals surface area contributed by atoms with Gasteiger partial charge in [-0.1, -0.05) is 229 Å². The van der Waals surface area contributed by atoms with E-state index in [4.69, 9.17) is 23.2 Å². The molecule has 105 heavy (non-hydrogen) atoms. The van der Waals surface area contributed by atoms with E-state index in [1.807, 2.05) is 215 Å². The third-order valence-corrected chi connectivity index (χ3v) is 37.4. The Morgan fingerprint density at radius 2 is 0.476 bits per heavy atom. The molecule has 0 saturated carbocycles. The van der Waals surface area contributed by atoms with Crippen molar-refractivity contribution in [2.24, 2.45) is 0 Å². The Hall–Kier alpha value is -11.6. The molecule has 0 saturated heterocycles. The van der Waals surface area contributed by atoms with Crippen LogP contribution in [0.2, 0.25) is 23.4 Å². The second-order valence-electron chi connectivity index (χ2n) is 26.9. The topological polar surface area (TPSA) is 115 Å². The number of fused-ring (bicyclic) bond motifs is 12. The molecule has 0 unspecified atom stereocenters. The number of benzene rings is 13. The van der Waals surface area contributed by atoms with Gasteiger partial charge in [-0.05, 0) is 59.7 Å². The van der Waals surface area contributed by atoms with Crippen molar-refractivity contribution in [3.63, 3.8) is 0 Å². The van der Waals surface area contributed by atoms with Gasteiger partial charge in [-0.25, -0.2) is 0 Å². The van der Waals surface area contributed by atoms with E-state index in [2.05, 4.69) is 133 Å². The van der Waals surface area contributed by atoms with E-state index < -0.39 is 18.4 Å². The van der Waals surface area contributed by atoms with E-state index in [0.29, 0.717) is 33.9 Å². The maximum absolute atomic E-state index is 11.4. The fraction of sp³-hybridized carbons (Fsp3) is 0.128. The summed E-state index contributed by atoms with van der Waals surface area (Å²) in [6.45, 7) is 7.05. The van der Waals surface area contributed by atoms with Crippen molar-refractivity contribution in [1.82, 2.24) is 18.3 Å². The number of nitrogens with zero attached hydrogens (tertiary/aromatic N) is 8. The zero-order valence-electron chi connectivity index (χ0n) is 58.8. The zero-order chi connectivity index (χ0) is 72.1. The molecule has 0 spiro atoms. The van der Waals surface area contributed by atoms with Crippen LogP contribution in [0, 0.1) is 45.3 Å². The van der Waals surface area contributed by atoms with E-state index in [0.717, 1.165) is 109 Å². The average Bonchev–Trinajstić information content (AvgIpc) is 1.63. The molecule has 0 aliphatic heterocycles. The SMILES string of the molecule is CCC[CH2][Sn]([CH2]CCC)([CH2]CCC)[c]1ccccc1.N#Cc1c(-c2ccccc2)c(-n2c3ccccc3c3ccccc32)c(C#N)c(-c2ccccc2)c1-n1c2ccccc2c2ccccc21.N#Cc1c(Cl)c(-n2c3ccccc3c3ccccc32)c(C#N)c(Cl)c1-n1c2ccccc2c2ccccc21. The summed E-state index contributed by atoms with van der Waals surface area (Å²) in [5.41, 5.74) is 14.2. The summed E-state index contributed by atoms with van der Waals surface area (Å²) in [6.07, 6.45) is 8.46. The summed E-state index contributed by atoms with van der Waals surface area (Å²) in [4.78, 5) is 0. The van der Waals surface area contributed by atoms with Crippen LogP contribution in [0.3, 0.4) is 0 Å². The fourth-order valence-corrected chi connectivity index (χ4v) is 32.9. The predicted molar refractivity (Wildman–Crippen MR) is 441 cm³/mol. The molecule has 0 atom stereocenters. The average molecular weight is 1510 g/mol. The van der Waals surface area contributed by atoms with E-state index in [1.165, 1.54) is 38.5 Å². The Labute approximate surface area is 626 Å². The van der Waals surface area contributed by atoms with Gasteiger partial charge in [0.25, 0.3) is 0 Å². The molecule has 4 heterocycles. The zero-order valence-corrected chi connectivity index (χ0v) is 63.2. The number of hydrogen-bond donors (Lipinski definition) is 0. The molecule has 508 valence electrons. The molecule has 0 N–H and O–H groups in total. The van der Waals surface area contributed by atoms with Crippen molar-refractivity contribution in [2.45, 2.75) is 72.6 Å². The van der Waals surface area contributed by atoms with Gasteiger partial charge in [-0.15, -0.1) is 0 Å². The Balaban J connectivity index is 0.000000138. The summed E-state index contributed by atoms with van der Waals surface area (Å²) in [5.74, 6) is 0. The quantitative estimate of drug-likeness (QED) is 0.0896. The van der Waals surface area contributed by atoms with Crippen LogP contribution in [-0.2, 0) is 0 Å². The molecule has 4 aromatic heterocycles. The molecule has 0 aliphatic rings. The molecular weight excluding hydrogens is 1430 g/mol. The number of unbranched alkanes of at least 4 members (excludes halogenated alkanes) is 3. The third kappa shape index (κ3) is 12.1. The van der Waals surface area contributed by atoms with E-state index in [1.54, 1.807) is 16.9 Å². The first-order valence-corrected chi connectivity index (χ1v) is 44.5. The minimum Gasteiger partial charge on any atom is -0.307 e. The first-order valence-electron chi connectivity index (χ1n) is 36.2. The van der Waals surface area contributed by atoms with Crippen molar-refractivity contribution in [3.8, 4) is 69.3 Å². The molecule has 0 amide bonds. The second kappa shape index (κ2) is 30.4. The summed E-state index contributed by atoms with van der Waals surface area (Å²) >= 11 is 12.1. The minimum absolute atomic E-state index is 0.178. The van der Waals surface area contributed by atoms with Crippen LogP contribution in [-0.4, -0.2) is 36.6 Å². The van der Waals surface area contributed by atoms with Crippen LogP contribution in [0.15, 0.2) is 285 Å². The Morgan fingerprint density at radius 3 is 0.705 bits per heavy atom. The number of nitriles is 4. The van der Waals surface area contributed by atoms with Crippen molar-refractivity contribution in [1.29, 1.82) is 21.0 Å². The van der Waals surface area contributed by atoms with Crippen LogP contribution in [0.1, 0.15) is 81.5 Å². The predicted octanol–water partition coefficient (Wildman–Crippen LogP) is 25.6. The fourth-order valence-electron chi connectivity index (χ4n) is 16.2. The van der Waals surface area contributed by atoms with Crippen LogP contribution < -0.4 is 3.58 Å². The van der Waals surface area contributed by atoms with Crippen molar-refractivity contribution >= 4 is 132 Å². The van der Waals surface area contributed by atoms with Gasteiger partial charge >= 0.3 is 125 Å². The molecule has 17 rings (SSSR count). The van der Waals surface area contributed by atoms with Gasteiger partial charge in [0, 0.05) is 54.2 Å². The number of para-hydroxylation sites is 8. The van der Waals surface area contributed by atoms with Crippen molar-refractivity contribution < 1.29 is 0 Å². The normalized spacial score (nSPS) is 11.4. The van der Waals surface area contributed by atoms with Gasteiger partial charge in [0.05, 0.1) is 99.2 Å². The molecule has 13 aromatic carbocycles. The molecule has 8 nitrogen and oxygen atoms in total. The van der Waals surface area contributed by atoms with Gasteiger partial charge in [-0.3, -0.25) is 0 Å². The van der Waals surface area contributed by atoms with Crippen LogP contribution in [0.25, 0.3) is 132 Å². The van der Waals surface area contributed by atoms with Gasteiger partial charge in [-0.2, -0.15) is 21.0 Å². The molecule has 11 heteroatoms.